The number of amides is 1. The lowest BCUT2D eigenvalue weighted by atomic mass is 9.65. The smallest absolute Gasteiger partial charge is 0.226 e. The summed E-state index contributed by atoms with van der Waals surface area (Å²) in [5, 5.41) is 21.5. The molecule has 102 valence electrons. The van der Waals surface area contributed by atoms with Crippen molar-refractivity contribution in [3.63, 3.8) is 0 Å². The maximum Gasteiger partial charge on any atom is 0.226 e. The van der Waals surface area contributed by atoms with Crippen LogP contribution in [0.2, 0.25) is 0 Å². The van der Waals surface area contributed by atoms with E-state index in [9.17, 15) is 15.0 Å². The Morgan fingerprint density at radius 3 is 2.79 bits per heavy atom. The fraction of sp³-hybridized carbons (Fsp3) is 0.533. The van der Waals surface area contributed by atoms with Crippen LogP contribution >= 0.6 is 0 Å². The molecule has 1 amide bonds. The van der Waals surface area contributed by atoms with Crippen LogP contribution in [0.4, 0.5) is 5.69 Å². The molecule has 1 heterocycles. The van der Waals surface area contributed by atoms with Gasteiger partial charge in [0.15, 0.2) is 5.72 Å². The molecule has 0 saturated heterocycles. The Kier molecular flexibility index (Phi) is 2.53. The molecule has 1 aromatic carbocycles. The summed E-state index contributed by atoms with van der Waals surface area (Å²) in [5.41, 5.74) is -0.458. The van der Waals surface area contributed by atoms with Gasteiger partial charge in [-0.1, -0.05) is 25.1 Å². The number of rotatable bonds is 0. The van der Waals surface area contributed by atoms with Crippen LogP contribution in [0.25, 0.3) is 0 Å². The summed E-state index contributed by atoms with van der Waals surface area (Å²) in [4.78, 5) is 13.4. The number of aliphatic hydroxyl groups is 2. The van der Waals surface area contributed by atoms with Gasteiger partial charge in [0.25, 0.3) is 0 Å². The SMILES string of the molecule is CC(=O)N1c2ccccc2[C@@]2(C)CCC[C@@H](O)[C@]12O. The number of carbonyl (C=O) groups is 1. The van der Waals surface area contributed by atoms with Gasteiger partial charge in [-0.25, -0.2) is 0 Å². The van der Waals surface area contributed by atoms with Crippen molar-refractivity contribution >= 4 is 11.6 Å². The molecule has 3 atom stereocenters. The van der Waals surface area contributed by atoms with Crippen LogP contribution in [0.3, 0.4) is 0 Å². The molecule has 0 unspecified atom stereocenters. The highest BCUT2D eigenvalue weighted by atomic mass is 16.4. The normalized spacial score (nSPS) is 36.8. The summed E-state index contributed by atoms with van der Waals surface area (Å²) in [6, 6.07) is 7.55. The van der Waals surface area contributed by atoms with Gasteiger partial charge in [-0.2, -0.15) is 0 Å². The number of anilines is 1. The molecule has 1 aliphatic heterocycles. The third-order valence-corrected chi connectivity index (χ3v) is 4.83. The number of hydrogen-bond donors (Lipinski definition) is 2. The number of carbonyl (C=O) groups excluding carboxylic acids is 1. The minimum Gasteiger partial charge on any atom is -0.388 e. The predicted molar refractivity (Wildman–Crippen MR) is 71.8 cm³/mol. The first-order valence-electron chi connectivity index (χ1n) is 6.73. The second kappa shape index (κ2) is 3.81. The van der Waals surface area contributed by atoms with E-state index in [1.54, 1.807) is 0 Å². The lowest BCUT2D eigenvalue weighted by molar-refractivity contribution is -0.151. The minimum absolute atomic E-state index is 0.236. The summed E-state index contributed by atoms with van der Waals surface area (Å²) in [6.07, 6.45) is 1.22. The molecule has 1 fully saturated rings. The molecule has 0 radical (unpaired) electrons. The lowest BCUT2D eigenvalue weighted by Gasteiger charge is -2.49. The third kappa shape index (κ3) is 1.33. The lowest BCUT2D eigenvalue weighted by Crippen LogP contribution is -2.67. The molecule has 0 spiro atoms. The monoisotopic (exact) mass is 261 g/mol. The number of hydrogen-bond acceptors (Lipinski definition) is 3. The van der Waals surface area contributed by atoms with Gasteiger partial charge in [0.1, 0.15) is 6.10 Å². The Morgan fingerprint density at radius 2 is 2.11 bits per heavy atom. The highest BCUT2D eigenvalue weighted by Crippen LogP contribution is 2.57. The van der Waals surface area contributed by atoms with Gasteiger partial charge in [0.05, 0.1) is 5.69 Å². The van der Waals surface area contributed by atoms with E-state index in [4.69, 9.17) is 0 Å². The van der Waals surface area contributed by atoms with E-state index in [-0.39, 0.29) is 5.91 Å². The zero-order chi connectivity index (χ0) is 13.8. The van der Waals surface area contributed by atoms with Gasteiger partial charge in [0.2, 0.25) is 5.91 Å². The molecule has 3 rings (SSSR count). The number of fused-ring (bicyclic) bond motifs is 3. The van der Waals surface area contributed by atoms with Crippen LogP contribution in [-0.2, 0) is 10.2 Å². The van der Waals surface area contributed by atoms with Crippen LogP contribution in [0.1, 0.15) is 38.7 Å². The van der Waals surface area contributed by atoms with Crippen molar-refractivity contribution in [2.24, 2.45) is 0 Å². The Bertz CT molecular complexity index is 544. The van der Waals surface area contributed by atoms with Crippen LogP contribution in [0, 0.1) is 0 Å². The summed E-state index contributed by atoms with van der Waals surface area (Å²) in [6.45, 7) is 3.37. The van der Waals surface area contributed by atoms with Gasteiger partial charge < -0.3 is 10.2 Å². The van der Waals surface area contributed by atoms with E-state index >= 15 is 0 Å². The fourth-order valence-electron chi connectivity index (χ4n) is 3.86. The largest absolute Gasteiger partial charge is 0.388 e. The highest BCUT2D eigenvalue weighted by molar-refractivity contribution is 5.96. The number of para-hydroxylation sites is 1. The Morgan fingerprint density at radius 1 is 1.42 bits per heavy atom. The van der Waals surface area contributed by atoms with E-state index in [0.717, 1.165) is 24.1 Å². The second-order valence-electron chi connectivity index (χ2n) is 5.84. The molecule has 2 N–H and O–H groups in total. The summed E-state index contributed by atoms with van der Waals surface area (Å²) in [5.74, 6) is -0.236. The van der Waals surface area contributed by atoms with Crippen molar-refractivity contribution in [2.45, 2.75) is 50.4 Å². The molecular weight excluding hydrogens is 242 g/mol. The average molecular weight is 261 g/mol. The van der Waals surface area contributed by atoms with Gasteiger partial charge in [-0.05, 0) is 30.9 Å². The molecule has 1 aliphatic carbocycles. The second-order valence-corrected chi connectivity index (χ2v) is 5.84. The highest BCUT2D eigenvalue weighted by Gasteiger charge is 2.64. The first-order valence-corrected chi connectivity index (χ1v) is 6.73. The summed E-state index contributed by atoms with van der Waals surface area (Å²) >= 11 is 0. The van der Waals surface area contributed by atoms with Crippen molar-refractivity contribution in [3.05, 3.63) is 29.8 Å². The van der Waals surface area contributed by atoms with Gasteiger partial charge in [0, 0.05) is 12.3 Å². The molecule has 4 heteroatoms. The van der Waals surface area contributed by atoms with E-state index in [1.807, 2.05) is 31.2 Å². The van der Waals surface area contributed by atoms with Gasteiger partial charge in [-0.15, -0.1) is 0 Å². The molecule has 19 heavy (non-hydrogen) atoms. The molecular formula is C15H19NO3. The summed E-state index contributed by atoms with van der Waals surface area (Å²) < 4.78 is 0. The van der Waals surface area contributed by atoms with Crippen molar-refractivity contribution in [3.8, 4) is 0 Å². The number of aliphatic hydroxyl groups excluding tert-OH is 1. The third-order valence-electron chi connectivity index (χ3n) is 4.83. The zero-order valence-electron chi connectivity index (χ0n) is 11.3. The van der Waals surface area contributed by atoms with E-state index in [0.29, 0.717) is 6.42 Å². The van der Waals surface area contributed by atoms with E-state index in [1.165, 1.54) is 11.8 Å². The van der Waals surface area contributed by atoms with E-state index < -0.39 is 17.2 Å². The number of nitrogens with zero attached hydrogens (tertiary/aromatic N) is 1. The molecule has 1 saturated carbocycles. The van der Waals surface area contributed by atoms with Crippen LogP contribution in [0.5, 0.6) is 0 Å². The topological polar surface area (TPSA) is 60.8 Å². The Hall–Kier alpha value is -1.39. The fourth-order valence-corrected chi connectivity index (χ4v) is 3.86. The van der Waals surface area contributed by atoms with Crippen molar-refractivity contribution in [2.75, 3.05) is 4.90 Å². The molecule has 0 aromatic heterocycles. The van der Waals surface area contributed by atoms with Crippen molar-refractivity contribution < 1.29 is 15.0 Å². The quantitative estimate of drug-likeness (QED) is 0.745. The van der Waals surface area contributed by atoms with Crippen LogP contribution in [0.15, 0.2) is 24.3 Å². The van der Waals surface area contributed by atoms with Gasteiger partial charge in [-0.3, -0.25) is 9.69 Å². The molecule has 2 aliphatic rings. The first-order chi connectivity index (χ1) is 8.93. The molecule has 1 aromatic rings. The van der Waals surface area contributed by atoms with Crippen LogP contribution in [-0.4, -0.2) is 27.9 Å². The van der Waals surface area contributed by atoms with E-state index in [2.05, 4.69) is 0 Å². The maximum absolute atomic E-state index is 12.0. The number of benzene rings is 1. The predicted octanol–water partition coefficient (Wildman–Crippen LogP) is 1.54. The molecule has 0 bridgehead atoms. The van der Waals surface area contributed by atoms with Gasteiger partial charge >= 0.3 is 0 Å². The maximum atomic E-state index is 12.0. The van der Waals surface area contributed by atoms with Crippen LogP contribution < -0.4 is 4.90 Å². The minimum atomic E-state index is -1.53. The standard InChI is InChI=1S/C15H19NO3/c1-10(17)16-12-7-4-3-6-11(12)14(2)9-5-8-13(18)15(14,16)19/h3-4,6-7,13,18-19H,5,8-9H2,1-2H3/t13-,14-,15-/m1/s1. The van der Waals surface area contributed by atoms with Crippen molar-refractivity contribution in [1.82, 2.24) is 0 Å². The van der Waals surface area contributed by atoms with Crippen molar-refractivity contribution in [1.29, 1.82) is 0 Å². The Balaban J connectivity index is 2.29. The zero-order valence-corrected chi connectivity index (χ0v) is 11.3. The summed E-state index contributed by atoms with van der Waals surface area (Å²) in [7, 11) is 0. The first kappa shape index (κ1) is 12.6. The molecule has 4 nitrogen and oxygen atoms in total. The average Bonchev–Trinajstić information content (AvgIpc) is 2.57. The Labute approximate surface area is 112 Å².